The molecule has 1 fully saturated rings. The Hall–Kier alpha value is -2.60. The summed E-state index contributed by atoms with van der Waals surface area (Å²) in [6.45, 7) is 1.86. The van der Waals surface area contributed by atoms with E-state index in [1.54, 1.807) is 24.5 Å². The van der Waals surface area contributed by atoms with Gasteiger partial charge in [-0.2, -0.15) is 0 Å². The molecule has 1 aromatic carbocycles. The van der Waals surface area contributed by atoms with Gasteiger partial charge >= 0.3 is 0 Å². The summed E-state index contributed by atoms with van der Waals surface area (Å²) in [5.41, 5.74) is 1.78. The first-order valence-corrected chi connectivity index (χ1v) is 8.32. The quantitative estimate of drug-likeness (QED) is 0.782. The van der Waals surface area contributed by atoms with E-state index < -0.39 is 0 Å². The van der Waals surface area contributed by atoms with Gasteiger partial charge in [-0.15, -0.1) is 0 Å². The van der Waals surface area contributed by atoms with E-state index in [0.717, 1.165) is 5.56 Å². The van der Waals surface area contributed by atoms with E-state index in [9.17, 15) is 14.7 Å². The predicted octanol–water partition coefficient (Wildman–Crippen LogP) is 2.44. The number of hydrogen-bond acceptors (Lipinski definition) is 4. The van der Waals surface area contributed by atoms with E-state index in [0.29, 0.717) is 24.0 Å². The first-order chi connectivity index (χ1) is 11.9. The number of carbonyl (C=O) groups excluding carboxylic acids is 2. The number of halogens is 1. The lowest BCUT2D eigenvalue weighted by atomic mass is 9.86. The van der Waals surface area contributed by atoms with Gasteiger partial charge < -0.3 is 15.7 Å². The Kier molecular flexibility index (Phi) is 4.90. The second kappa shape index (κ2) is 7.11. The minimum Gasteiger partial charge on any atom is -0.506 e. The molecular formula is C18H18ClN3O3. The molecular weight excluding hydrogens is 342 g/mol. The van der Waals surface area contributed by atoms with Gasteiger partial charge in [0.25, 0.3) is 11.8 Å². The molecule has 1 heterocycles. The molecule has 0 atom stereocenters. The van der Waals surface area contributed by atoms with Crippen molar-refractivity contribution in [3.63, 3.8) is 0 Å². The number of benzene rings is 1. The largest absolute Gasteiger partial charge is 0.506 e. The molecule has 0 bridgehead atoms. The number of hydrogen-bond donors (Lipinski definition) is 3. The molecule has 2 aromatic rings. The van der Waals surface area contributed by atoms with Crippen molar-refractivity contribution in [3.8, 4) is 5.75 Å². The number of aryl methyl sites for hydroxylation is 1. The Morgan fingerprint density at radius 3 is 2.48 bits per heavy atom. The van der Waals surface area contributed by atoms with E-state index >= 15 is 0 Å². The number of amides is 2. The Morgan fingerprint density at radius 1 is 1.16 bits per heavy atom. The lowest BCUT2D eigenvalue weighted by Gasteiger charge is -2.36. The molecule has 0 saturated heterocycles. The minimum atomic E-state index is -0.273. The summed E-state index contributed by atoms with van der Waals surface area (Å²) in [5.74, 6) is -0.548. The molecule has 0 unspecified atom stereocenters. The van der Waals surface area contributed by atoms with Gasteiger partial charge in [-0.3, -0.25) is 14.6 Å². The standard InChI is InChI=1S/C18H18ClN3O3/c1-10-4-5-20-9-14(10)18(25)22-13-7-12(8-13)21-17(24)11-2-3-15(19)16(23)6-11/h2-6,9,12-13,23H,7-8H2,1H3,(H,21,24)(H,22,25). The van der Waals surface area contributed by atoms with E-state index in [2.05, 4.69) is 15.6 Å². The van der Waals surface area contributed by atoms with Crippen molar-refractivity contribution in [3.05, 3.63) is 58.4 Å². The van der Waals surface area contributed by atoms with E-state index in [1.165, 1.54) is 12.1 Å². The summed E-state index contributed by atoms with van der Waals surface area (Å²) in [6, 6.07) is 6.18. The number of nitrogens with one attached hydrogen (secondary N) is 2. The van der Waals surface area contributed by atoms with Crippen molar-refractivity contribution in [2.24, 2.45) is 0 Å². The highest BCUT2D eigenvalue weighted by Gasteiger charge is 2.32. The second-order valence-electron chi connectivity index (χ2n) is 6.17. The van der Waals surface area contributed by atoms with E-state index in [4.69, 9.17) is 11.6 Å². The van der Waals surface area contributed by atoms with Crippen LogP contribution in [0.1, 0.15) is 39.1 Å². The number of aromatic hydroxyl groups is 1. The highest BCUT2D eigenvalue weighted by Crippen LogP contribution is 2.25. The van der Waals surface area contributed by atoms with Crippen LogP contribution in [0, 0.1) is 6.92 Å². The summed E-state index contributed by atoms with van der Waals surface area (Å²) in [7, 11) is 0. The van der Waals surface area contributed by atoms with Gasteiger partial charge in [-0.1, -0.05) is 11.6 Å². The molecule has 1 aliphatic carbocycles. The maximum absolute atomic E-state index is 12.2. The fraction of sp³-hybridized carbons (Fsp3) is 0.278. The van der Waals surface area contributed by atoms with Gasteiger partial charge in [0.1, 0.15) is 5.75 Å². The van der Waals surface area contributed by atoms with Crippen LogP contribution in [0.5, 0.6) is 5.75 Å². The Balaban J connectivity index is 1.49. The molecule has 6 nitrogen and oxygen atoms in total. The van der Waals surface area contributed by atoms with Crippen LogP contribution in [-0.2, 0) is 0 Å². The average molecular weight is 360 g/mol. The number of phenolic OH excluding ortho intramolecular Hbond substituents is 1. The Morgan fingerprint density at radius 2 is 1.84 bits per heavy atom. The lowest BCUT2D eigenvalue weighted by molar-refractivity contribution is 0.0862. The molecule has 1 aliphatic rings. The van der Waals surface area contributed by atoms with Gasteiger partial charge in [-0.05, 0) is 49.6 Å². The average Bonchev–Trinajstić information content (AvgIpc) is 2.55. The molecule has 3 N–H and O–H groups in total. The van der Waals surface area contributed by atoms with Gasteiger partial charge in [0.2, 0.25) is 0 Å². The molecule has 3 rings (SSSR count). The lowest BCUT2D eigenvalue weighted by Crippen LogP contribution is -2.53. The Bertz CT molecular complexity index is 819. The van der Waals surface area contributed by atoms with Crippen LogP contribution in [0.3, 0.4) is 0 Å². The minimum absolute atomic E-state index is 0.00869. The molecule has 7 heteroatoms. The van der Waals surface area contributed by atoms with Crippen molar-refractivity contribution < 1.29 is 14.7 Å². The van der Waals surface area contributed by atoms with Gasteiger partial charge in [-0.25, -0.2) is 0 Å². The zero-order chi connectivity index (χ0) is 18.0. The molecule has 1 aromatic heterocycles. The maximum Gasteiger partial charge on any atom is 0.253 e. The van der Waals surface area contributed by atoms with Crippen molar-refractivity contribution in [1.29, 1.82) is 0 Å². The third-order valence-electron chi connectivity index (χ3n) is 4.30. The molecule has 0 aliphatic heterocycles. The second-order valence-corrected chi connectivity index (χ2v) is 6.58. The van der Waals surface area contributed by atoms with Gasteiger partial charge in [0.05, 0.1) is 10.6 Å². The third kappa shape index (κ3) is 3.91. The number of aromatic nitrogens is 1. The van der Waals surface area contributed by atoms with Gasteiger partial charge in [0, 0.05) is 30.0 Å². The number of pyridine rings is 1. The highest BCUT2D eigenvalue weighted by molar-refractivity contribution is 6.32. The van der Waals surface area contributed by atoms with Crippen molar-refractivity contribution in [2.45, 2.75) is 31.8 Å². The number of rotatable bonds is 4. The summed E-state index contributed by atoms with van der Waals surface area (Å²) >= 11 is 5.73. The predicted molar refractivity (Wildman–Crippen MR) is 93.8 cm³/mol. The normalized spacial score (nSPS) is 19.0. The first-order valence-electron chi connectivity index (χ1n) is 7.95. The molecule has 25 heavy (non-hydrogen) atoms. The van der Waals surface area contributed by atoms with Crippen LogP contribution in [0.25, 0.3) is 0 Å². The summed E-state index contributed by atoms with van der Waals surface area (Å²) in [6.07, 6.45) is 4.53. The van der Waals surface area contributed by atoms with Crippen LogP contribution in [0.4, 0.5) is 0 Å². The highest BCUT2D eigenvalue weighted by atomic mass is 35.5. The monoisotopic (exact) mass is 359 g/mol. The molecule has 130 valence electrons. The summed E-state index contributed by atoms with van der Waals surface area (Å²) in [4.78, 5) is 28.3. The zero-order valence-corrected chi connectivity index (χ0v) is 14.4. The van der Waals surface area contributed by atoms with Crippen LogP contribution < -0.4 is 10.6 Å². The SMILES string of the molecule is Cc1ccncc1C(=O)NC1CC(NC(=O)c2ccc(Cl)c(O)c2)C1. The molecule has 0 radical (unpaired) electrons. The first kappa shape index (κ1) is 17.2. The number of carbonyl (C=O) groups is 2. The van der Waals surface area contributed by atoms with Crippen LogP contribution in [0.15, 0.2) is 36.7 Å². The van der Waals surface area contributed by atoms with Crippen LogP contribution in [0.2, 0.25) is 5.02 Å². The van der Waals surface area contributed by atoms with E-state index in [-0.39, 0.29) is 34.7 Å². The van der Waals surface area contributed by atoms with Crippen molar-refractivity contribution in [1.82, 2.24) is 15.6 Å². The number of nitrogens with zero attached hydrogens (tertiary/aromatic N) is 1. The fourth-order valence-corrected chi connectivity index (χ4v) is 2.86. The molecule has 0 spiro atoms. The molecule has 1 saturated carbocycles. The van der Waals surface area contributed by atoms with Gasteiger partial charge in [0.15, 0.2) is 0 Å². The Labute approximate surface area is 150 Å². The van der Waals surface area contributed by atoms with Crippen molar-refractivity contribution in [2.75, 3.05) is 0 Å². The maximum atomic E-state index is 12.2. The number of phenols is 1. The van der Waals surface area contributed by atoms with Crippen LogP contribution >= 0.6 is 11.6 Å². The smallest absolute Gasteiger partial charge is 0.253 e. The molecule has 2 amide bonds. The fourth-order valence-electron chi connectivity index (χ4n) is 2.74. The zero-order valence-electron chi connectivity index (χ0n) is 13.6. The third-order valence-corrected chi connectivity index (χ3v) is 4.62. The summed E-state index contributed by atoms with van der Waals surface area (Å²) < 4.78 is 0. The van der Waals surface area contributed by atoms with Crippen LogP contribution in [-0.4, -0.2) is 34.0 Å². The topological polar surface area (TPSA) is 91.3 Å². The summed E-state index contributed by atoms with van der Waals surface area (Å²) in [5, 5.41) is 15.6. The van der Waals surface area contributed by atoms with Crippen molar-refractivity contribution >= 4 is 23.4 Å². The van der Waals surface area contributed by atoms with E-state index in [1.807, 2.05) is 6.92 Å².